The predicted molar refractivity (Wildman–Crippen MR) is 90.0 cm³/mol. The van der Waals surface area contributed by atoms with Crippen molar-refractivity contribution in [1.82, 2.24) is 0 Å². The Morgan fingerprint density at radius 2 is 1.46 bits per heavy atom. The van der Waals surface area contributed by atoms with Crippen molar-refractivity contribution >= 4 is 21.4 Å². The number of rotatable bonds is 5. The second kappa shape index (κ2) is 7.57. The topological polar surface area (TPSA) is 71.4 Å². The highest BCUT2D eigenvalue weighted by Crippen LogP contribution is 2.31. The number of sulfone groups is 1. The van der Waals surface area contributed by atoms with Crippen LogP contribution in [0, 0.1) is 0 Å². The van der Waals surface area contributed by atoms with Crippen LogP contribution in [0.4, 0.5) is 13.2 Å². The first-order valence-corrected chi connectivity index (χ1v) is 8.70. The Morgan fingerprint density at radius 1 is 0.923 bits per heavy atom. The summed E-state index contributed by atoms with van der Waals surface area (Å²) in [5, 5.41) is 8.68. The number of hydrogen-bond acceptors (Lipinski definition) is 3. The summed E-state index contributed by atoms with van der Waals surface area (Å²) in [6, 6.07) is 13.0. The Labute approximate surface area is 147 Å². The third kappa shape index (κ3) is 4.40. The van der Waals surface area contributed by atoms with Gasteiger partial charge in [-0.25, -0.2) is 13.2 Å². The number of hydrogen-bond donors (Lipinski definition) is 1. The molecule has 0 aliphatic heterocycles. The molecule has 8 heteroatoms. The summed E-state index contributed by atoms with van der Waals surface area (Å²) in [5.74, 6) is -1.15. The molecule has 0 unspecified atom stereocenters. The van der Waals surface area contributed by atoms with E-state index in [-0.39, 0.29) is 0 Å². The minimum Gasteiger partial charge on any atom is -0.478 e. The van der Waals surface area contributed by atoms with Crippen LogP contribution in [-0.4, -0.2) is 25.0 Å². The van der Waals surface area contributed by atoms with Crippen molar-refractivity contribution in [2.24, 2.45) is 0 Å². The molecule has 1 N–H and O–H groups in total. The quantitative estimate of drug-likeness (QED) is 0.626. The number of halogens is 3. The number of carbonyl (C=O) groups is 1. The molecule has 4 nitrogen and oxygen atoms in total. The van der Waals surface area contributed by atoms with E-state index in [1.807, 2.05) is 0 Å². The molecule has 0 spiro atoms. The maximum Gasteiger partial charge on any atom is 0.501 e. The Bertz CT molecular complexity index is 942. The van der Waals surface area contributed by atoms with Crippen molar-refractivity contribution in [3.05, 3.63) is 84.0 Å². The van der Waals surface area contributed by atoms with Gasteiger partial charge in [0.05, 0.1) is 4.90 Å². The molecule has 0 bridgehead atoms. The highest BCUT2D eigenvalue weighted by Gasteiger charge is 2.46. The van der Waals surface area contributed by atoms with Gasteiger partial charge in [-0.2, -0.15) is 13.2 Å². The standard InChI is InChI=1S/C18H13F3O4S/c19-18(20,21)26(24,25)15-11-9-14(10-12-15)16(7-4-8-17(22)23)13-5-2-1-3-6-13/h1-12H,(H,22,23)/b8-4+,16-7?. The number of carboxylic acid groups (broad SMARTS) is 1. The van der Waals surface area contributed by atoms with Crippen LogP contribution in [-0.2, 0) is 14.6 Å². The normalized spacial score (nSPS) is 13.1. The molecular formula is C18H13F3O4S. The summed E-state index contributed by atoms with van der Waals surface area (Å²) >= 11 is 0. The van der Waals surface area contributed by atoms with Gasteiger partial charge < -0.3 is 5.11 Å². The first-order valence-electron chi connectivity index (χ1n) is 7.21. The fourth-order valence-corrected chi connectivity index (χ4v) is 2.91. The van der Waals surface area contributed by atoms with E-state index in [4.69, 9.17) is 5.11 Å². The summed E-state index contributed by atoms with van der Waals surface area (Å²) in [7, 11) is -5.42. The van der Waals surface area contributed by atoms with Crippen LogP contribution in [0.15, 0.2) is 77.7 Å². The molecule has 0 fully saturated rings. The van der Waals surface area contributed by atoms with Crippen LogP contribution < -0.4 is 0 Å². The lowest BCUT2D eigenvalue weighted by Crippen LogP contribution is -2.23. The van der Waals surface area contributed by atoms with E-state index in [1.54, 1.807) is 30.3 Å². The molecule has 0 amide bonds. The Balaban J connectivity index is 2.49. The zero-order chi connectivity index (χ0) is 19.4. The molecule has 0 aliphatic carbocycles. The molecule has 136 valence electrons. The van der Waals surface area contributed by atoms with E-state index < -0.39 is 26.2 Å². The average Bonchev–Trinajstić information content (AvgIpc) is 2.58. The third-order valence-electron chi connectivity index (χ3n) is 3.37. The largest absolute Gasteiger partial charge is 0.501 e. The Kier molecular flexibility index (Phi) is 5.66. The molecule has 0 atom stereocenters. The van der Waals surface area contributed by atoms with Crippen LogP contribution in [0.3, 0.4) is 0 Å². The fourth-order valence-electron chi connectivity index (χ4n) is 2.15. The SMILES string of the molecule is O=C(O)/C=C/C=C(c1ccccc1)c1ccc(S(=O)(=O)C(F)(F)F)cc1. The van der Waals surface area contributed by atoms with Gasteiger partial charge in [-0.15, -0.1) is 0 Å². The van der Waals surface area contributed by atoms with E-state index in [9.17, 15) is 26.4 Å². The van der Waals surface area contributed by atoms with Gasteiger partial charge in [0.1, 0.15) is 0 Å². The summed E-state index contributed by atoms with van der Waals surface area (Å²) in [5.41, 5.74) is -3.72. The summed E-state index contributed by atoms with van der Waals surface area (Å²) in [6.07, 6.45) is 3.67. The van der Waals surface area contributed by atoms with E-state index in [0.717, 1.165) is 18.2 Å². The number of benzene rings is 2. The van der Waals surface area contributed by atoms with Gasteiger partial charge in [0.25, 0.3) is 9.84 Å². The van der Waals surface area contributed by atoms with Crippen molar-refractivity contribution in [2.45, 2.75) is 10.4 Å². The average molecular weight is 382 g/mol. The molecule has 2 aromatic carbocycles. The van der Waals surface area contributed by atoms with E-state index in [2.05, 4.69) is 0 Å². The van der Waals surface area contributed by atoms with E-state index >= 15 is 0 Å². The predicted octanol–water partition coefficient (Wildman–Crippen LogP) is 4.05. The highest BCUT2D eigenvalue weighted by molar-refractivity contribution is 7.92. The van der Waals surface area contributed by atoms with E-state index in [1.165, 1.54) is 24.3 Å². The molecule has 2 aromatic rings. The molecule has 0 heterocycles. The van der Waals surface area contributed by atoms with Gasteiger partial charge in [0, 0.05) is 6.08 Å². The second-order valence-corrected chi connectivity index (χ2v) is 7.06. The molecule has 26 heavy (non-hydrogen) atoms. The number of alkyl halides is 3. The lowest BCUT2D eigenvalue weighted by Gasteiger charge is -2.11. The molecule has 0 aromatic heterocycles. The van der Waals surface area contributed by atoms with E-state index in [0.29, 0.717) is 16.7 Å². The minimum atomic E-state index is -5.42. The molecular weight excluding hydrogens is 369 g/mol. The maximum atomic E-state index is 12.6. The number of carboxylic acids is 1. The molecule has 0 saturated heterocycles. The van der Waals surface area contributed by atoms with Crippen molar-refractivity contribution in [1.29, 1.82) is 0 Å². The summed E-state index contributed by atoms with van der Waals surface area (Å²) < 4.78 is 60.7. The first kappa shape index (κ1) is 19.5. The summed E-state index contributed by atoms with van der Waals surface area (Å²) in [6.45, 7) is 0. The van der Waals surface area contributed by atoms with Crippen LogP contribution in [0.2, 0.25) is 0 Å². The van der Waals surface area contributed by atoms with Crippen LogP contribution >= 0.6 is 0 Å². The monoisotopic (exact) mass is 382 g/mol. The van der Waals surface area contributed by atoms with Gasteiger partial charge in [0.2, 0.25) is 0 Å². The second-order valence-electron chi connectivity index (χ2n) is 5.12. The van der Waals surface area contributed by atoms with Gasteiger partial charge >= 0.3 is 11.5 Å². The lowest BCUT2D eigenvalue weighted by molar-refractivity contribution is -0.131. The van der Waals surface area contributed by atoms with Crippen molar-refractivity contribution < 1.29 is 31.5 Å². The van der Waals surface area contributed by atoms with Crippen LogP contribution in [0.1, 0.15) is 11.1 Å². The van der Waals surface area contributed by atoms with Gasteiger partial charge in [-0.1, -0.05) is 54.6 Å². The Hall–Kier alpha value is -2.87. The van der Waals surface area contributed by atoms with Crippen LogP contribution in [0.5, 0.6) is 0 Å². The van der Waals surface area contributed by atoms with Gasteiger partial charge in [0.15, 0.2) is 0 Å². The molecule has 0 aliphatic rings. The minimum absolute atomic E-state index is 0.437. The lowest BCUT2D eigenvalue weighted by atomic mass is 9.97. The smallest absolute Gasteiger partial charge is 0.478 e. The first-order chi connectivity index (χ1) is 12.1. The molecule has 2 rings (SSSR count). The van der Waals surface area contributed by atoms with Crippen LogP contribution in [0.25, 0.3) is 5.57 Å². The molecule has 0 radical (unpaired) electrons. The van der Waals surface area contributed by atoms with Gasteiger partial charge in [-0.3, -0.25) is 0 Å². The highest BCUT2D eigenvalue weighted by atomic mass is 32.2. The van der Waals surface area contributed by atoms with Crippen molar-refractivity contribution in [3.63, 3.8) is 0 Å². The van der Waals surface area contributed by atoms with Crippen molar-refractivity contribution in [3.8, 4) is 0 Å². The number of allylic oxidation sites excluding steroid dienone is 2. The Morgan fingerprint density at radius 3 is 1.96 bits per heavy atom. The molecule has 0 saturated carbocycles. The summed E-state index contributed by atoms with van der Waals surface area (Å²) in [4.78, 5) is 9.75. The fraction of sp³-hybridized carbons (Fsp3) is 0.0556. The maximum absolute atomic E-state index is 12.6. The van der Waals surface area contributed by atoms with Crippen molar-refractivity contribution in [2.75, 3.05) is 0 Å². The zero-order valence-corrected chi connectivity index (χ0v) is 14.0. The van der Waals surface area contributed by atoms with Gasteiger partial charge in [-0.05, 0) is 28.8 Å². The third-order valence-corrected chi connectivity index (χ3v) is 4.87. The zero-order valence-electron chi connectivity index (χ0n) is 13.1. The number of aliphatic carboxylic acids is 1.